The molecule has 13 heavy (non-hydrogen) atoms. The van der Waals surface area contributed by atoms with E-state index in [2.05, 4.69) is 0 Å². The van der Waals surface area contributed by atoms with Gasteiger partial charge in [-0.15, -0.1) is 0 Å². The van der Waals surface area contributed by atoms with Crippen molar-refractivity contribution in [3.63, 3.8) is 0 Å². The number of rotatable bonds is 4. The third-order valence-electron chi connectivity index (χ3n) is 0.900. The molecule has 0 aliphatic heterocycles. The summed E-state index contributed by atoms with van der Waals surface area (Å²) >= 11 is 0. The van der Waals surface area contributed by atoms with Crippen molar-refractivity contribution < 1.29 is 25.1 Å². The summed E-state index contributed by atoms with van der Waals surface area (Å²) in [4.78, 5) is 27.0. The van der Waals surface area contributed by atoms with Crippen LogP contribution in [0.3, 0.4) is 0 Å². The number of allylic oxidation sites excluding steroid dienone is 1. The zero-order valence-electron chi connectivity index (χ0n) is 5.85. The van der Waals surface area contributed by atoms with Crippen molar-refractivity contribution in [2.75, 3.05) is 0 Å². The molecule has 2 N–H and O–H groups in total. The maximum absolute atomic E-state index is 9.97. The molecule has 0 atom stereocenters. The summed E-state index contributed by atoms with van der Waals surface area (Å²) in [6, 6.07) is 0. The fraction of sp³-hybridized carbons (Fsp3) is 0. The number of aldehydes is 1. The van der Waals surface area contributed by atoms with E-state index in [-0.39, 0.29) is 0 Å². The van der Waals surface area contributed by atoms with Gasteiger partial charge in [0.25, 0.3) is 0 Å². The van der Waals surface area contributed by atoms with Crippen LogP contribution in [0.5, 0.6) is 0 Å². The molecule has 0 heterocycles. The van der Waals surface area contributed by atoms with Gasteiger partial charge in [0.05, 0.1) is 4.92 Å². The van der Waals surface area contributed by atoms with Gasteiger partial charge in [0.1, 0.15) is 0 Å². The lowest BCUT2D eigenvalue weighted by Crippen LogP contribution is -2.24. The van der Waals surface area contributed by atoms with Crippen molar-refractivity contribution in [3.8, 4) is 0 Å². The highest BCUT2D eigenvalue weighted by molar-refractivity contribution is 5.69. The summed E-state index contributed by atoms with van der Waals surface area (Å²) in [5, 5.41) is 35.1. The summed E-state index contributed by atoms with van der Waals surface area (Å²) in [6.45, 7) is 0. The normalized spacial score (nSPS) is 11.5. The number of nitrogens with zero attached hydrogens (tertiary/aromatic N) is 3. The van der Waals surface area contributed by atoms with Crippen molar-refractivity contribution >= 4 is 6.29 Å². The van der Waals surface area contributed by atoms with Gasteiger partial charge in [-0.2, -0.15) is 10.4 Å². The molecule has 0 amide bonds. The molecule has 0 aromatic heterocycles. The lowest BCUT2D eigenvalue weighted by atomic mass is 10.5. The van der Waals surface area contributed by atoms with Crippen molar-refractivity contribution in [3.05, 3.63) is 31.7 Å². The first-order chi connectivity index (χ1) is 5.91. The maximum Gasteiger partial charge on any atom is 0.462 e. The molecule has 0 rings (SSSR count). The molecule has 10 heteroatoms. The summed E-state index contributed by atoms with van der Waals surface area (Å²) in [6.07, 6.45) is -0.475. The average molecular weight is 193 g/mol. The van der Waals surface area contributed by atoms with Crippen LogP contribution in [0.15, 0.2) is 11.5 Å². The predicted octanol–water partition coefficient (Wildman–Crippen LogP) is -1.01. The fourth-order valence-corrected chi connectivity index (χ4v) is 0.446. The molecule has 0 fully saturated rings. The summed E-state index contributed by atoms with van der Waals surface area (Å²) in [7, 11) is 0. The van der Waals surface area contributed by atoms with Gasteiger partial charge in [-0.25, -0.2) is 0 Å². The van der Waals surface area contributed by atoms with Crippen molar-refractivity contribution in [2.45, 2.75) is 0 Å². The molecule has 0 saturated heterocycles. The zero-order valence-corrected chi connectivity index (χ0v) is 5.85. The lowest BCUT2D eigenvalue weighted by molar-refractivity contribution is -0.523. The van der Waals surface area contributed by atoms with E-state index >= 15 is 0 Å². The van der Waals surface area contributed by atoms with Crippen molar-refractivity contribution in [1.29, 1.82) is 0 Å². The minimum atomic E-state index is -1.72. The first-order valence-electron chi connectivity index (χ1n) is 2.58. The molecule has 0 saturated carbocycles. The Kier molecular flexibility index (Phi) is 3.43. The number of hydrogen-bond donors (Lipinski definition) is 2. The van der Waals surface area contributed by atoms with Gasteiger partial charge >= 0.3 is 11.5 Å². The number of carbonyl (C=O) groups excluding carboxylic acids is 1. The van der Waals surface area contributed by atoms with Crippen LogP contribution in [-0.2, 0) is 4.79 Å². The number of carbonyl (C=O) groups is 1. The highest BCUT2D eigenvalue weighted by Crippen LogP contribution is 2.05. The van der Waals surface area contributed by atoms with Crippen LogP contribution in [0, 0.1) is 20.2 Å². The third-order valence-corrected chi connectivity index (χ3v) is 0.900. The second-order valence-electron chi connectivity index (χ2n) is 1.63. The molecular weight excluding hydrogens is 190 g/mol. The smallest absolute Gasteiger partial charge is 0.358 e. The maximum atomic E-state index is 9.97. The second kappa shape index (κ2) is 4.08. The Labute approximate surface area is 69.5 Å². The molecule has 0 spiro atoms. The van der Waals surface area contributed by atoms with Gasteiger partial charge in [-0.05, 0) is 4.92 Å². The molecule has 0 aliphatic carbocycles. The first kappa shape index (κ1) is 10.9. The van der Waals surface area contributed by atoms with Crippen LogP contribution in [-0.4, -0.2) is 31.8 Å². The predicted molar refractivity (Wildman–Crippen MR) is 32.5 cm³/mol. The summed E-state index contributed by atoms with van der Waals surface area (Å²) in [5.41, 5.74) is -1.56. The van der Waals surface area contributed by atoms with E-state index in [1.165, 1.54) is 0 Å². The van der Waals surface area contributed by atoms with Gasteiger partial charge in [-0.3, -0.25) is 14.9 Å². The standard InChI is InChI=1S/C3H3N3O7/c7-1-2(4(8)9)3(5(10)11)6(12)13/h1,10-11H. The van der Waals surface area contributed by atoms with Gasteiger partial charge < -0.3 is 10.1 Å². The van der Waals surface area contributed by atoms with Crippen LogP contribution < -0.4 is 0 Å². The summed E-state index contributed by atoms with van der Waals surface area (Å²) in [5.74, 6) is -1.72. The van der Waals surface area contributed by atoms with E-state index in [0.717, 1.165) is 0 Å². The minimum Gasteiger partial charge on any atom is -0.358 e. The molecular formula is C3H3N3O7. The quantitative estimate of drug-likeness (QED) is 0.249. The van der Waals surface area contributed by atoms with Gasteiger partial charge in [0.15, 0.2) is 0 Å². The highest BCUT2D eigenvalue weighted by Gasteiger charge is 2.33. The molecule has 0 bridgehead atoms. The third kappa shape index (κ3) is 2.46. The van der Waals surface area contributed by atoms with Gasteiger partial charge in [0, 0.05) is 5.23 Å². The zero-order chi connectivity index (χ0) is 10.6. The van der Waals surface area contributed by atoms with Crippen molar-refractivity contribution in [2.24, 2.45) is 0 Å². The average Bonchev–Trinajstić information content (AvgIpc) is 1.97. The van der Waals surface area contributed by atoms with E-state index in [9.17, 15) is 25.0 Å². The number of hydroxylamine groups is 2. The molecule has 10 nitrogen and oxygen atoms in total. The van der Waals surface area contributed by atoms with Crippen molar-refractivity contribution in [1.82, 2.24) is 5.23 Å². The Bertz CT molecular complexity index is 281. The van der Waals surface area contributed by atoms with Gasteiger partial charge in [-0.1, -0.05) is 0 Å². The molecule has 0 radical (unpaired) electrons. The fourth-order valence-electron chi connectivity index (χ4n) is 0.446. The Hall–Kier alpha value is -2.07. The second-order valence-corrected chi connectivity index (χ2v) is 1.63. The topological polar surface area (TPSA) is 147 Å². The highest BCUT2D eigenvalue weighted by atomic mass is 16.8. The SMILES string of the molecule is O=CC(=C(N(O)O)[N+](=O)[O-])[N+](=O)[O-]. The lowest BCUT2D eigenvalue weighted by Gasteiger charge is -2.00. The Morgan fingerprint density at radius 1 is 1.23 bits per heavy atom. The van der Waals surface area contributed by atoms with E-state index < -0.39 is 32.9 Å². The molecule has 0 aliphatic rings. The Morgan fingerprint density at radius 2 is 1.69 bits per heavy atom. The van der Waals surface area contributed by atoms with E-state index in [1.807, 2.05) is 0 Å². The van der Waals surface area contributed by atoms with E-state index in [0.29, 0.717) is 0 Å². The monoisotopic (exact) mass is 193 g/mol. The van der Waals surface area contributed by atoms with Crippen LogP contribution >= 0.6 is 0 Å². The van der Waals surface area contributed by atoms with Crippen LogP contribution in [0.4, 0.5) is 0 Å². The largest absolute Gasteiger partial charge is 0.462 e. The van der Waals surface area contributed by atoms with Crippen LogP contribution in [0.2, 0.25) is 0 Å². The Balaban J connectivity index is 5.39. The molecule has 0 aromatic carbocycles. The van der Waals surface area contributed by atoms with Crippen LogP contribution in [0.1, 0.15) is 0 Å². The van der Waals surface area contributed by atoms with E-state index in [1.54, 1.807) is 0 Å². The Morgan fingerprint density at radius 3 is 1.77 bits per heavy atom. The first-order valence-corrected chi connectivity index (χ1v) is 2.58. The molecule has 72 valence electrons. The molecule has 0 aromatic rings. The number of hydrogen-bond acceptors (Lipinski definition) is 8. The summed E-state index contributed by atoms with van der Waals surface area (Å²) < 4.78 is 0. The van der Waals surface area contributed by atoms with Crippen LogP contribution in [0.25, 0.3) is 0 Å². The molecule has 0 unspecified atom stereocenters. The van der Waals surface area contributed by atoms with E-state index in [4.69, 9.17) is 10.4 Å². The minimum absolute atomic E-state index is 0.475. The van der Waals surface area contributed by atoms with Gasteiger partial charge in [0.2, 0.25) is 6.29 Å². The number of nitro groups is 2.